The van der Waals surface area contributed by atoms with Gasteiger partial charge >= 0.3 is 5.97 Å². The molecule has 0 saturated carbocycles. The third kappa shape index (κ3) is 7.13. The van der Waals surface area contributed by atoms with E-state index in [9.17, 15) is 19.5 Å². The predicted molar refractivity (Wildman–Crippen MR) is 134 cm³/mol. The molecular formula is C25H24N2O4S2. The van der Waals surface area contributed by atoms with E-state index in [1.54, 1.807) is 6.08 Å². The molecule has 33 heavy (non-hydrogen) atoms. The van der Waals surface area contributed by atoms with Crippen LogP contribution in [0.2, 0.25) is 0 Å². The van der Waals surface area contributed by atoms with Crippen LogP contribution in [0.5, 0.6) is 0 Å². The van der Waals surface area contributed by atoms with Gasteiger partial charge in [0.05, 0.1) is 4.91 Å². The van der Waals surface area contributed by atoms with E-state index in [4.69, 9.17) is 12.2 Å². The normalized spacial score (nSPS) is 16.2. The fourth-order valence-corrected chi connectivity index (χ4v) is 4.64. The van der Waals surface area contributed by atoms with Crippen LogP contribution in [0.3, 0.4) is 0 Å². The average molecular weight is 481 g/mol. The molecule has 1 unspecified atom stereocenters. The monoisotopic (exact) mass is 480 g/mol. The topological polar surface area (TPSA) is 86.7 Å². The molecule has 1 aliphatic rings. The number of amides is 2. The number of allylic oxidation sites excluding steroid dienone is 2. The molecule has 2 amide bonds. The SMILES string of the molecule is CC(=C\c1ccccc1)/C=C1/SC(=S)N(CCC(=O)NC(Cc2ccccc2)C(=O)O)C1=O. The number of nitrogens with zero attached hydrogens (tertiary/aromatic N) is 1. The Bertz CT molecular complexity index is 1100. The van der Waals surface area contributed by atoms with Gasteiger partial charge in [0.2, 0.25) is 5.91 Å². The maximum atomic E-state index is 12.8. The molecule has 2 aromatic rings. The van der Waals surface area contributed by atoms with E-state index in [2.05, 4.69) is 5.32 Å². The lowest BCUT2D eigenvalue weighted by Gasteiger charge is -2.17. The first-order valence-corrected chi connectivity index (χ1v) is 11.6. The molecule has 0 radical (unpaired) electrons. The number of benzene rings is 2. The summed E-state index contributed by atoms with van der Waals surface area (Å²) in [7, 11) is 0. The third-order valence-corrected chi connectivity index (χ3v) is 6.28. The van der Waals surface area contributed by atoms with Crippen LogP contribution in [-0.2, 0) is 20.8 Å². The maximum absolute atomic E-state index is 12.8. The number of thiocarbonyl (C=S) groups is 1. The average Bonchev–Trinajstić information content (AvgIpc) is 3.05. The van der Waals surface area contributed by atoms with Gasteiger partial charge in [0.25, 0.3) is 5.91 Å². The number of carboxylic acids is 1. The third-order valence-electron chi connectivity index (χ3n) is 4.90. The van der Waals surface area contributed by atoms with Crippen molar-refractivity contribution in [3.8, 4) is 0 Å². The van der Waals surface area contributed by atoms with Gasteiger partial charge < -0.3 is 10.4 Å². The van der Waals surface area contributed by atoms with Gasteiger partial charge in [-0.15, -0.1) is 0 Å². The molecular weight excluding hydrogens is 456 g/mol. The molecule has 170 valence electrons. The Morgan fingerprint density at radius 1 is 1.12 bits per heavy atom. The molecule has 2 N–H and O–H groups in total. The standard InChI is InChI=1S/C25H24N2O4S2/c1-17(14-18-8-4-2-5-9-18)15-21-23(29)27(25(32)33-21)13-12-22(28)26-20(24(30)31)16-19-10-6-3-7-11-19/h2-11,14-15,20H,12-13,16H2,1H3,(H,26,28)(H,30,31)/b17-14+,21-15+. The highest BCUT2D eigenvalue weighted by Gasteiger charge is 2.32. The highest BCUT2D eigenvalue weighted by molar-refractivity contribution is 8.26. The summed E-state index contributed by atoms with van der Waals surface area (Å²) in [6.07, 6.45) is 3.89. The molecule has 1 atom stereocenters. The summed E-state index contributed by atoms with van der Waals surface area (Å²) in [5, 5.41) is 12.0. The van der Waals surface area contributed by atoms with Crippen molar-refractivity contribution in [2.75, 3.05) is 6.54 Å². The van der Waals surface area contributed by atoms with Crippen molar-refractivity contribution >= 4 is 52.2 Å². The van der Waals surface area contributed by atoms with Gasteiger partial charge in [-0.3, -0.25) is 14.5 Å². The van der Waals surface area contributed by atoms with E-state index < -0.39 is 17.9 Å². The molecule has 6 nitrogen and oxygen atoms in total. The van der Waals surface area contributed by atoms with Gasteiger partial charge in [0.1, 0.15) is 10.4 Å². The highest BCUT2D eigenvalue weighted by Crippen LogP contribution is 2.32. The number of thioether (sulfide) groups is 1. The van der Waals surface area contributed by atoms with Crippen LogP contribution in [-0.4, -0.2) is 44.7 Å². The van der Waals surface area contributed by atoms with Crippen LogP contribution >= 0.6 is 24.0 Å². The van der Waals surface area contributed by atoms with E-state index in [1.807, 2.05) is 73.7 Å². The number of hydrogen-bond acceptors (Lipinski definition) is 5. The molecule has 2 aromatic carbocycles. The van der Waals surface area contributed by atoms with E-state index in [0.29, 0.717) is 9.23 Å². The highest BCUT2D eigenvalue weighted by atomic mass is 32.2. The second-order valence-electron chi connectivity index (χ2n) is 7.53. The van der Waals surface area contributed by atoms with Crippen molar-refractivity contribution in [3.63, 3.8) is 0 Å². The number of rotatable bonds is 9. The zero-order valence-corrected chi connectivity index (χ0v) is 19.7. The minimum absolute atomic E-state index is 0.0445. The predicted octanol–water partition coefficient (Wildman–Crippen LogP) is 4.04. The molecule has 0 aromatic heterocycles. The molecule has 1 fully saturated rings. The van der Waals surface area contributed by atoms with Crippen molar-refractivity contribution in [2.45, 2.75) is 25.8 Å². The van der Waals surface area contributed by atoms with Crippen LogP contribution in [0.25, 0.3) is 6.08 Å². The van der Waals surface area contributed by atoms with E-state index >= 15 is 0 Å². The molecule has 1 aliphatic heterocycles. The van der Waals surface area contributed by atoms with Gasteiger partial charge in [-0.25, -0.2) is 4.79 Å². The van der Waals surface area contributed by atoms with Crippen LogP contribution in [0, 0.1) is 0 Å². The quantitative estimate of drug-likeness (QED) is 0.416. The Morgan fingerprint density at radius 3 is 2.39 bits per heavy atom. The molecule has 0 aliphatic carbocycles. The number of carbonyl (C=O) groups excluding carboxylic acids is 2. The summed E-state index contributed by atoms with van der Waals surface area (Å²) in [5.74, 6) is -1.81. The molecule has 3 rings (SSSR count). The largest absolute Gasteiger partial charge is 0.480 e. The molecule has 1 heterocycles. The van der Waals surface area contributed by atoms with E-state index in [-0.39, 0.29) is 25.3 Å². The number of hydrogen-bond donors (Lipinski definition) is 2. The zero-order valence-electron chi connectivity index (χ0n) is 18.1. The second-order valence-corrected chi connectivity index (χ2v) is 9.21. The number of nitrogens with one attached hydrogen (secondary N) is 1. The first-order valence-electron chi connectivity index (χ1n) is 10.4. The van der Waals surface area contributed by atoms with E-state index in [1.165, 1.54) is 16.7 Å². The van der Waals surface area contributed by atoms with Crippen LogP contribution in [0.4, 0.5) is 0 Å². The number of carbonyl (C=O) groups is 3. The van der Waals surface area contributed by atoms with Gasteiger partial charge in [-0.05, 0) is 29.7 Å². The summed E-state index contributed by atoms with van der Waals surface area (Å²) >= 11 is 6.52. The lowest BCUT2D eigenvalue weighted by atomic mass is 10.1. The van der Waals surface area contributed by atoms with Crippen molar-refractivity contribution in [1.82, 2.24) is 10.2 Å². The number of aliphatic carboxylic acids is 1. The second kappa shape index (κ2) is 11.6. The maximum Gasteiger partial charge on any atom is 0.326 e. The Hall–Kier alpha value is -3.23. The summed E-state index contributed by atoms with van der Waals surface area (Å²) in [6, 6.07) is 17.8. The molecule has 8 heteroatoms. The first-order chi connectivity index (χ1) is 15.8. The summed E-state index contributed by atoms with van der Waals surface area (Å²) in [6.45, 7) is 2.00. The fourth-order valence-electron chi connectivity index (χ4n) is 3.28. The Balaban J connectivity index is 1.57. The van der Waals surface area contributed by atoms with Gasteiger partial charge in [0.15, 0.2) is 0 Å². The summed E-state index contributed by atoms with van der Waals surface area (Å²) in [5.41, 5.74) is 2.75. The van der Waals surface area contributed by atoms with Crippen LogP contribution in [0.15, 0.2) is 77.2 Å². The fraction of sp³-hybridized carbons (Fsp3) is 0.200. The van der Waals surface area contributed by atoms with Gasteiger partial charge in [-0.1, -0.05) is 90.7 Å². The van der Waals surface area contributed by atoms with E-state index in [0.717, 1.165) is 16.7 Å². The number of carboxylic acid groups (broad SMARTS) is 1. The van der Waals surface area contributed by atoms with Crippen molar-refractivity contribution in [3.05, 3.63) is 88.3 Å². The van der Waals surface area contributed by atoms with Crippen LogP contribution in [0.1, 0.15) is 24.5 Å². The Labute approximate surface area is 202 Å². The molecule has 1 saturated heterocycles. The minimum Gasteiger partial charge on any atom is -0.480 e. The molecule has 0 spiro atoms. The smallest absolute Gasteiger partial charge is 0.326 e. The van der Waals surface area contributed by atoms with Crippen molar-refractivity contribution in [1.29, 1.82) is 0 Å². The zero-order chi connectivity index (χ0) is 23.8. The van der Waals surface area contributed by atoms with Crippen LogP contribution < -0.4 is 5.32 Å². The Kier molecular flexibility index (Phi) is 8.57. The first kappa shape index (κ1) is 24.4. The Morgan fingerprint density at radius 2 is 1.76 bits per heavy atom. The molecule has 0 bridgehead atoms. The lowest BCUT2D eigenvalue weighted by Crippen LogP contribution is -2.43. The summed E-state index contributed by atoms with van der Waals surface area (Å²) in [4.78, 5) is 38.6. The lowest BCUT2D eigenvalue weighted by molar-refractivity contribution is -0.141. The van der Waals surface area contributed by atoms with Crippen molar-refractivity contribution < 1.29 is 19.5 Å². The minimum atomic E-state index is -1.11. The van der Waals surface area contributed by atoms with Gasteiger partial charge in [0, 0.05) is 19.4 Å². The van der Waals surface area contributed by atoms with Gasteiger partial charge in [-0.2, -0.15) is 0 Å². The van der Waals surface area contributed by atoms with Crippen molar-refractivity contribution in [2.24, 2.45) is 0 Å². The summed E-state index contributed by atoms with van der Waals surface area (Å²) < 4.78 is 0.380.